The van der Waals surface area contributed by atoms with Crippen LogP contribution < -0.4 is 11.1 Å². The van der Waals surface area contributed by atoms with Gasteiger partial charge in [-0.2, -0.15) is 0 Å². The maximum absolute atomic E-state index is 5.58. The zero-order valence-corrected chi connectivity index (χ0v) is 11.8. The number of hydrogen-bond acceptors (Lipinski definition) is 3. The Morgan fingerprint density at radius 1 is 1.50 bits per heavy atom. The van der Waals surface area contributed by atoms with Gasteiger partial charge in [0.05, 0.1) is 0 Å². The van der Waals surface area contributed by atoms with E-state index in [1.54, 1.807) is 0 Å². The second kappa shape index (κ2) is 5.64. The molecule has 3 nitrogen and oxygen atoms in total. The van der Waals surface area contributed by atoms with E-state index in [4.69, 9.17) is 5.73 Å². The number of halogens is 1. The Labute approximate surface area is 106 Å². The van der Waals surface area contributed by atoms with E-state index < -0.39 is 0 Å². The first kappa shape index (κ1) is 13.5. The first-order chi connectivity index (χ1) is 7.44. The van der Waals surface area contributed by atoms with E-state index in [1.165, 1.54) is 5.56 Å². The monoisotopic (exact) mass is 285 g/mol. The third kappa shape index (κ3) is 4.10. The van der Waals surface area contributed by atoms with Crippen LogP contribution in [0, 0.1) is 12.3 Å². The summed E-state index contributed by atoms with van der Waals surface area (Å²) in [7, 11) is 0. The number of pyridine rings is 1. The van der Waals surface area contributed by atoms with Gasteiger partial charge in [-0.25, -0.2) is 4.98 Å². The van der Waals surface area contributed by atoms with E-state index in [0.717, 1.165) is 29.8 Å². The van der Waals surface area contributed by atoms with Crippen LogP contribution in [0.2, 0.25) is 0 Å². The van der Waals surface area contributed by atoms with Crippen LogP contribution in [0.4, 0.5) is 5.82 Å². The summed E-state index contributed by atoms with van der Waals surface area (Å²) >= 11 is 3.44. The molecule has 0 aliphatic heterocycles. The maximum Gasteiger partial charge on any atom is 0.126 e. The number of nitrogens with one attached hydrogen (secondary N) is 1. The summed E-state index contributed by atoms with van der Waals surface area (Å²) in [6, 6.07) is 2.04. The molecule has 0 unspecified atom stereocenters. The van der Waals surface area contributed by atoms with Crippen molar-refractivity contribution in [3.8, 4) is 0 Å². The Kier molecular flexibility index (Phi) is 4.74. The molecule has 1 heterocycles. The van der Waals surface area contributed by atoms with Crippen molar-refractivity contribution >= 4 is 21.7 Å². The molecule has 0 aliphatic rings. The molecule has 0 aromatic carbocycles. The van der Waals surface area contributed by atoms with Gasteiger partial charge in [-0.3, -0.25) is 0 Å². The van der Waals surface area contributed by atoms with E-state index in [1.807, 2.05) is 12.3 Å². The quantitative estimate of drug-likeness (QED) is 0.875. The van der Waals surface area contributed by atoms with Crippen LogP contribution in [0.15, 0.2) is 16.7 Å². The molecule has 1 aromatic heterocycles. The summed E-state index contributed by atoms with van der Waals surface area (Å²) in [5, 5.41) is 3.35. The number of anilines is 1. The lowest BCUT2D eigenvalue weighted by Crippen LogP contribution is -2.26. The molecule has 1 aromatic rings. The fourth-order valence-electron chi connectivity index (χ4n) is 1.44. The topological polar surface area (TPSA) is 50.9 Å². The predicted molar refractivity (Wildman–Crippen MR) is 72.6 cm³/mol. The number of nitrogens with zero attached hydrogens (tertiary/aromatic N) is 1. The average Bonchev–Trinajstić information content (AvgIpc) is 2.20. The average molecular weight is 286 g/mol. The Morgan fingerprint density at radius 3 is 2.75 bits per heavy atom. The van der Waals surface area contributed by atoms with Crippen LogP contribution in [0.1, 0.15) is 25.8 Å². The van der Waals surface area contributed by atoms with Crippen molar-refractivity contribution in [2.24, 2.45) is 11.1 Å². The van der Waals surface area contributed by atoms with Gasteiger partial charge in [0.25, 0.3) is 0 Å². The van der Waals surface area contributed by atoms with Crippen LogP contribution in [-0.2, 0) is 0 Å². The van der Waals surface area contributed by atoms with Gasteiger partial charge in [0, 0.05) is 17.2 Å². The number of hydrogen-bond donors (Lipinski definition) is 2. The highest BCUT2D eigenvalue weighted by molar-refractivity contribution is 9.10. The molecular formula is C12H20BrN3. The van der Waals surface area contributed by atoms with Crippen molar-refractivity contribution in [1.82, 2.24) is 4.98 Å². The fourth-order valence-corrected chi connectivity index (χ4v) is 1.66. The SMILES string of the molecule is Cc1cc(NCC(C)(C)CCN)ncc1Br. The van der Waals surface area contributed by atoms with Crippen LogP contribution in [0.5, 0.6) is 0 Å². The minimum absolute atomic E-state index is 0.206. The summed E-state index contributed by atoms with van der Waals surface area (Å²) in [4.78, 5) is 4.31. The van der Waals surface area contributed by atoms with Crippen LogP contribution in [0.25, 0.3) is 0 Å². The molecule has 0 aliphatic carbocycles. The molecule has 0 radical (unpaired) electrons. The summed E-state index contributed by atoms with van der Waals surface area (Å²) < 4.78 is 1.04. The predicted octanol–water partition coefficient (Wildman–Crippen LogP) is 2.94. The van der Waals surface area contributed by atoms with Crippen molar-refractivity contribution in [3.63, 3.8) is 0 Å². The molecule has 3 N–H and O–H groups in total. The van der Waals surface area contributed by atoms with Gasteiger partial charge in [0.15, 0.2) is 0 Å². The first-order valence-electron chi connectivity index (χ1n) is 5.51. The van der Waals surface area contributed by atoms with Gasteiger partial charge in [-0.1, -0.05) is 13.8 Å². The second-order valence-electron chi connectivity index (χ2n) is 4.88. The molecular weight excluding hydrogens is 266 g/mol. The maximum atomic E-state index is 5.58. The number of rotatable bonds is 5. The standard InChI is InChI=1S/C12H20BrN3/c1-9-6-11(15-7-10(9)13)16-8-12(2,3)4-5-14/h6-7H,4-5,8,14H2,1-3H3,(H,15,16). The lowest BCUT2D eigenvalue weighted by molar-refractivity contribution is 0.365. The van der Waals surface area contributed by atoms with Crippen molar-refractivity contribution in [2.75, 3.05) is 18.4 Å². The molecule has 90 valence electrons. The summed E-state index contributed by atoms with van der Waals surface area (Å²) in [5.74, 6) is 0.922. The fraction of sp³-hybridized carbons (Fsp3) is 0.583. The molecule has 0 atom stereocenters. The van der Waals surface area contributed by atoms with Gasteiger partial charge in [0.2, 0.25) is 0 Å². The Hall–Kier alpha value is -0.610. The lowest BCUT2D eigenvalue weighted by atomic mass is 9.89. The van der Waals surface area contributed by atoms with Gasteiger partial charge in [-0.15, -0.1) is 0 Å². The van der Waals surface area contributed by atoms with Crippen molar-refractivity contribution in [1.29, 1.82) is 0 Å². The highest BCUT2D eigenvalue weighted by Crippen LogP contribution is 2.21. The Balaban J connectivity index is 2.57. The number of nitrogens with two attached hydrogens (primary N) is 1. The van der Waals surface area contributed by atoms with Crippen LogP contribution >= 0.6 is 15.9 Å². The normalized spacial score (nSPS) is 11.6. The molecule has 0 saturated heterocycles. The van der Waals surface area contributed by atoms with E-state index in [2.05, 4.69) is 47.0 Å². The third-order valence-electron chi connectivity index (χ3n) is 2.62. The van der Waals surface area contributed by atoms with E-state index in [0.29, 0.717) is 0 Å². The zero-order chi connectivity index (χ0) is 12.2. The number of aromatic nitrogens is 1. The Bertz CT molecular complexity index is 350. The van der Waals surface area contributed by atoms with Crippen molar-refractivity contribution in [2.45, 2.75) is 27.2 Å². The smallest absolute Gasteiger partial charge is 0.126 e. The summed E-state index contributed by atoms with van der Waals surface area (Å²) in [6.07, 6.45) is 2.84. The highest BCUT2D eigenvalue weighted by atomic mass is 79.9. The van der Waals surface area contributed by atoms with Crippen molar-refractivity contribution < 1.29 is 0 Å². The largest absolute Gasteiger partial charge is 0.370 e. The van der Waals surface area contributed by atoms with Gasteiger partial charge in [0.1, 0.15) is 5.82 Å². The van der Waals surface area contributed by atoms with Crippen LogP contribution in [0.3, 0.4) is 0 Å². The molecule has 4 heteroatoms. The van der Waals surface area contributed by atoms with E-state index in [-0.39, 0.29) is 5.41 Å². The van der Waals surface area contributed by atoms with Gasteiger partial charge in [-0.05, 0) is 52.9 Å². The van der Waals surface area contributed by atoms with Crippen LogP contribution in [-0.4, -0.2) is 18.1 Å². The molecule has 0 amide bonds. The highest BCUT2D eigenvalue weighted by Gasteiger charge is 2.16. The minimum atomic E-state index is 0.206. The second-order valence-corrected chi connectivity index (χ2v) is 5.73. The third-order valence-corrected chi connectivity index (χ3v) is 3.45. The molecule has 1 rings (SSSR count). The van der Waals surface area contributed by atoms with E-state index >= 15 is 0 Å². The molecule has 0 bridgehead atoms. The number of aryl methyl sites for hydroxylation is 1. The molecule has 0 saturated carbocycles. The zero-order valence-electron chi connectivity index (χ0n) is 10.2. The molecule has 16 heavy (non-hydrogen) atoms. The first-order valence-corrected chi connectivity index (χ1v) is 6.30. The van der Waals surface area contributed by atoms with Gasteiger partial charge < -0.3 is 11.1 Å². The molecule has 0 fully saturated rings. The van der Waals surface area contributed by atoms with Crippen molar-refractivity contribution in [3.05, 3.63) is 22.3 Å². The molecule has 0 spiro atoms. The van der Waals surface area contributed by atoms with E-state index in [9.17, 15) is 0 Å². The summed E-state index contributed by atoms with van der Waals surface area (Å²) in [5.41, 5.74) is 6.97. The lowest BCUT2D eigenvalue weighted by Gasteiger charge is -2.24. The Morgan fingerprint density at radius 2 is 2.19 bits per heavy atom. The minimum Gasteiger partial charge on any atom is -0.370 e. The summed E-state index contributed by atoms with van der Waals surface area (Å²) in [6.45, 7) is 8.08. The van der Waals surface area contributed by atoms with Gasteiger partial charge >= 0.3 is 0 Å².